The van der Waals surface area contributed by atoms with Gasteiger partial charge in [0.1, 0.15) is 11.6 Å². The minimum absolute atomic E-state index is 0.225. The molecule has 2 aromatic rings. The van der Waals surface area contributed by atoms with Gasteiger partial charge in [0.25, 0.3) is 0 Å². The summed E-state index contributed by atoms with van der Waals surface area (Å²) in [5.74, 6) is 0.386. The number of hydrogen-bond donors (Lipinski definition) is 0. The fourth-order valence-electron chi connectivity index (χ4n) is 1.36. The Labute approximate surface area is 106 Å². The van der Waals surface area contributed by atoms with Crippen LogP contribution in [0.4, 0.5) is 4.39 Å². The van der Waals surface area contributed by atoms with Crippen molar-refractivity contribution in [2.45, 2.75) is 6.92 Å². The number of furan rings is 1. The minimum Gasteiger partial charge on any atom is -0.458 e. The van der Waals surface area contributed by atoms with Crippen LogP contribution >= 0.6 is 22.6 Å². The highest BCUT2D eigenvalue weighted by molar-refractivity contribution is 14.1. The van der Waals surface area contributed by atoms with E-state index < -0.39 is 0 Å². The van der Waals surface area contributed by atoms with Crippen LogP contribution in [0.1, 0.15) is 21.9 Å². The van der Waals surface area contributed by atoms with Crippen molar-refractivity contribution in [1.82, 2.24) is 0 Å². The molecule has 0 saturated heterocycles. The molecule has 0 aliphatic rings. The predicted octanol–water partition coefficient (Wildman–Crippen LogP) is 3.56. The minimum atomic E-state index is -0.350. The van der Waals surface area contributed by atoms with Crippen molar-refractivity contribution in [3.63, 3.8) is 0 Å². The van der Waals surface area contributed by atoms with Crippen LogP contribution in [0.5, 0.6) is 0 Å². The Bertz CT molecular complexity index is 546. The molecule has 0 saturated carbocycles. The summed E-state index contributed by atoms with van der Waals surface area (Å²) in [4.78, 5) is 12.0. The molecule has 2 rings (SSSR count). The van der Waals surface area contributed by atoms with E-state index in [1.165, 1.54) is 18.2 Å². The Kier molecular flexibility index (Phi) is 3.09. The van der Waals surface area contributed by atoms with Gasteiger partial charge in [0.2, 0.25) is 5.78 Å². The summed E-state index contributed by atoms with van der Waals surface area (Å²) in [6, 6.07) is 7.41. The van der Waals surface area contributed by atoms with E-state index in [9.17, 15) is 9.18 Å². The smallest absolute Gasteiger partial charge is 0.229 e. The molecule has 4 heteroatoms. The maximum absolute atomic E-state index is 12.9. The normalized spacial score (nSPS) is 10.4. The van der Waals surface area contributed by atoms with E-state index >= 15 is 0 Å². The monoisotopic (exact) mass is 330 g/mol. The van der Waals surface area contributed by atoms with Gasteiger partial charge >= 0.3 is 0 Å². The zero-order chi connectivity index (χ0) is 11.7. The summed E-state index contributed by atoms with van der Waals surface area (Å²) in [5.41, 5.74) is 0.455. The lowest BCUT2D eigenvalue weighted by Gasteiger charge is -2.01. The molecule has 0 fully saturated rings. The number of carbonyl (C=O) groups excluding carboxylic acids is 1. The van der Waals surface area contributed by atoms with Crippen LogP contribution in [0.2, 0.25) is 0 Å². The molecule has 1 aromatic heterocycles. The number of ketones is 1. The first-order valence-electron chi connectivity index (χ1n) is 4.64. The first kappa shape index (κ1) is 11.3. The summed E-state index contributed by atoms with van der Waals surface area (Å²) in [5, 5.41) is 0. The molecule has 0 aliphatic carbocycles. The molecule has 0 N–H and O–H groups in total. The van der Waals surface area contributed by atoms with Gasteiger partial charge in [-0.3, -0.25) is 4.79 Å². The number of aryl methyl sites for hydroxylation is 1. The lowest BCUT2D eigenvalue weighted by molar-refractivity contribution is 0.101. The first-order valence-corrected chi connectivity index (χ1v) is 5.72. The van der Waals surface area contributed by atoms with Crippen LogP contribution in [0, 0.1) is 16.3 Å². The van der Waals surface area contributed by atoms with Gasteiger partial charge in [-0.2, -0.15) is 0 Å². The molecule has 2 nitrogen and oxygen atoms in total. The summed E-state index contributed by atoms with van der Waals surface area (Å²) in [6.07, 6.45) is 0. The number of halogens is 2. The summed E-state index contributed by atoms with van der Waals surface area (Å²) < 4.78 is 18.7. The van der Waals surface area contributed by atoms with Crippen LogP contribution in [0.15, 0.2) is 34.7 Å². The van der Waals surface area contributed by atoms with E-state index in [0.29, 0.717) is 14.9 Å². The Morgan fingerprint density at radius 2 is 2.06 bits per heavy atom. The van der Waals surface area contributed by atoms with Gasteiger partial charge < -0.3 is 4.42 Å². The third-order valence-corrected chi connectivity index (χ3v) is 3.03. The Hall–Kier alpha value is -1.17. The van der Waals surface area contributed by atoms with Crippen molar-refractivity contribution in [1.29, 1.82) is 0 Å². The van der Waals surface area contributed by atoms with Gasteiger partial charge in [-0.1, -0.05) is 0 Å². The highest BCUT2D eigenvalue weighted by atomic mass is 127. The topological polar surface area (TPSA) is 30.2 Å². The highest BCUT2D eigenvalue weighted by Gasteiger charge is 2.15. The van der Waals surface area contributed by atoms with Gasteiger partial charge in [-0.25, -0.2) is 4.39 Å². The van der Waals surface area contributed by atoms with Crippen molar-refractivity contribution >= 4 is 28.4 Å². The molecule has 0 unspecified atom stereocenters. The lowest BCUT2D eigenvalue weighted by atomic mass is 10.1. The largest absolute Gasteiger partial charge is 0.458 e. The van der Waals surface area contributed by atoms with Crippen LogP contribution in [-0.4, -0.2) is 5.78 Å². The van der Waals surface area contributed by atoms with Gasteiger partial charge in [0.15, 0.2) is 5.76 Å². The molecule has 0 amide bonds. The first-order chi connectivity index (χ1) is 7.58. The SMILES string of the molecule is Cc1ccc(C(=O)c2ccc(F)cc2I)o1. The molecule has 16 heavy (non-hydrogen) atoms. The zero-order valence-corrected chi connectivity index (χ0v) is 10.6. The van der Waals surface area contributed by atoms with Gasteiger partial charge in [-0.05, 0) is 59.8 Å². The van der Waals surface area contributed by atoms with Crippen LogP contribution in [0.25, 0.3) is 0 Å². The average Bonchev–Trinajstić information content (AvgIpc) is 2.64. The third kappa shape index (κ3) is 2.16. The Balaban J connectivity index is 2.41. The molecule has 1 heterocycles. The predicted molar refractivity (Wildman–Crippen MR) is 66.0 cm³/mol. The van der Waals surface area contributed by atoms with Crippen molar-refractivity contribution in [3.05, 3.63) is 56.8 Å². The fourth-order valence-corrected chi connectivity index (χ4v) is 2.09. The fraction of sp³-hybridized carbons (Fsp3) is 0.0833. The highest BCUT2D eigenvalue weighted by Crippen LogP contribution is 2.19. The number of hydrogen-bond acceptors (Lipinski definition) is 2. The summed E-state index contributed by atoms with van der Waals surface area (Å²) in [7, 11) is 0. The lowest BCUT2D eigenvalue weighted by Crippen LogP contribution is -2.02. The van der Waals surface area contributed by atoms with E-state index in [2.05, 4.69) is 0 Å². The quantitative estimate of drug-likeness (QED) is 0.623. The second-order valence-corrected chi connectivity index (χ2v) is 4.53. The Morgan fingerprint density at radius 1 is 1.31 bits per heavy atom. The van der Waals surface area contributed by atoms with Crippen molar-refractivity contribution < 1.29 is 13.6 Å². The average molecular weight is 330 g/mol. The molecule has 82 valence electrons. The second kappa shape index (κ2) is 4.37. The van der Waals surface area contributed by atoms with E-state index in [4.69, 9.17) is 4.42 Å². The third-order valence-electron chi connectivity index (χ3n) is 2.14. The number of rotatable bonds is 2. The van der Waals surface area contributed by atoms with E-state index in [0.717, 1.165) is 0 Å². The molecular weight excluding hydrogens is 322 g/mol. The van der Waals surface area contributed by atoms with Crippen molar-refractivity contribution in [2.24, 2.45) is 0 Å². The molecule has 0 radical (unpaired) electrons. The van der Waals surface area contributed by atoms with E-state index in [1.54, 1.807) is 19.1 Å². The van der Waals surface area contributed by atoms with E-state index in [-0.39, 0.29) is 17.4 Å². The molecule has 0 bridgehead atoms. The van der Waals surface area contributed by atoms with Gasteiger partial charge in [0.05, 0.1) is 0 Å². The van der Waals surface area contributed by atoms with Crippen LogP contribution in [-0.2, 0) is 0 Å². The maximum Gasteiger partial charge on any atom is 0.229 e. The van der Waals surface area contributed by atoms with Crippen molar-refractivity contribution in [3.8, 4) is 0 Å². The van der Waals surface area contributed by atoms with Crippen LogP contribution < -0.4 is 0 Å². The summed E-state index contributed by atoms with van der Waals surface area (Å²) in [6.45, 7) is 1.77. The zero-order valence-electron chi connectivity index (χ0n) is 8.46. The molecule has 0 aliphatic heterocycles. The van der Waals surface area contributed by atoms with Crippen LogP contribution in [0.3, 0.4) is 0 Å². The van der Waals surface area contributed by atoms with Gasteiger partial charge in [-0.15, -0.1) is 0 Å². The molecule has 0 spiro atoms. The Morgan fingerprint density at radius 3 is 2.62 bits per heavy atom. The standard InChI is InChI=1S/C12H8FIO2/c1-7-2-5-11(16-7)12(15)9-4-3-8(13)6-10(9)14/h2-6H,1H3. The molecule has 0 atom stereocenters. The molecular formula is C12H8FIO2. The van der Waals surface area contributed by atoms with E-state index in [1.807, 2.05) is 22.6 Å². The maximum atomic E-state index is 12.9. The van der Waals surface area contributed by atoms with Crippen molar-refractivity contribution in [2.75, 3.05) is 0 Å². The van der Waals surface area contributed by atoms with Gasteiger partial charge in [0, 0.05) is 9.13 Å². The molecule has 1 aromatic carbocycles. The number of carbonyl (C=O) groups is 1. The summed E-state index contributed by atoms with van der Waals surface area (Å²) >= 11 is 1.93. The second-order valence-electron chi connectivity index (χ2n) is 3.36. The number of benzene rings is 1.